The molecule has 2 fully saturated rings. The minimum absolute atomic E-state index is 0.152. The number of carbonyl (C=O) groups is 2. The molecule has 4 rings (SSSR count). The normalized spacial score (nSPS) is 18.9. The molecule has 0 aliphatic carbocycles. The molecule has 10 nitrogen and oxygen atoms in total. The molecule has 1 N–H and O–H groups in total. The van der Waals surface area contributed by atoms with Gasteiger partial charge in [-0.2, -0.15) is 0 Å². The smallest absolute Gasteiger partial charge is 0.289 e. The quantitative estimate of drug-likeness (QED) is 0.185. The van der Waals surface area contributed by atoms with Gasteiger partial charge in [0.05, 0.1) is 18.1 Å². The lowest BCUT2D eigenvalue weighted by molar-refractivity contribution is -0.122. The van der Waals surface area contributed by atoms with Crippen molar-refractivity contribution in [2.75, 3.05) is 35.7 Å². The van der Waals surface area contributed by atoms with Gasteiger partial charge < -0.3 is 4.90 Å². The number of halogens is 2. The van der Waals surface area contributed by atoms with Crippen LogP contribution in [0.1, 0.15) is 60.1 Å². The largest absolute Gasteiger partial charge is 0.355 e. The zero-order valence-corrected chi connectivity index (χ0v) is 25.2. The average molecular weight is 619 g/mol. The molecule has 13 heteroatoms. The van der Waals surface area contributed by atoms with Crippen LogP contribution in [-0.2, 0) is 11.3 Å². The van der Waals surface area contributed by atoms with E-state index in [1.807, 2.05) is 11.0 Å². The van der Waals surface area contributed by atoms with E-state index < -0.39 is 11.8 Å². The molecule has 2 saturated heterocycles. The van der Waals surface area contributed by atoms with Gasteiger partial charge in [-0.1, -0.05) is 48.6 Å². The molecular formula is C28H33Cl2N7O3S. The number of rotatable bonds is 11. The van der Waals surface area contributed by atoms with Crippen LogP contribution in [0.25, 0.3) is 5.57 Å². The minimum atomic E-state index is -0.605. The molecule has 2 aromatic rings. The highest BCUT2D eigenvalue weighted by Gasteiger charge is 2.28. The second-order valence-corrected chi connectivity index (χ2v) is 11.7. The third-order valence-corrected chi connectivity index (χ3v) is 8.80. The Morgan fingerprint density at radius 1 is 1.22 bits per heavy atom. The summed E-state index contributed by atoms with van der Waals surface area (Å²) in [6, 6.07) is 0.512. The van der Waals surface area contributed by atoms with Gasteiger partial charge in [-0.05, 0) is 44.7 Å². The number of nitroso groups, excluding NO2 is 1. The lowest BCUT2D eigenvalue weighted by atomic mass is 9.96. The van der Waals surface area contributed by atoms with E-state index >= 15 is 0 Å². The first-order valence-electron chi connectivity index (χ1n) is 13.6. The Hall–Kier alpha value is -2.99. The first-order chi connectivity index (χ1) is 19.9. The van der Waals surface area contributed by atoms with Gasteiger partial charge >= 0.3 is 0 Å². The summed E-state index contributed by atoms with van der Waals surface area (Å²) < 4.78 is 0. The van der Waals surface area contributed by atoms with E-state index in [2.05, 4.69) is 38.9 Å². The first-order valence-corrected chi connectivity index (χ1v) is 15.3. The Bertz CT molecular complexity index is 1320. The number of hydrogen-bond donors (Lipinski definition) is 1. The van der Waals surface area contributed by atoms with Gasteiger partial charge in [0, 0.05) is 58.1 Å². The second-order valence-electron chi connectivity index (χ2n) is 9.92. The predicted molar refractivity (Wildman–Crippen MR) is 164 cm³/mol. The summed E-state index contributed by atoms with van der Waals surface area (Å²) in [6.45, 7) is 8.76. The second kappa shape index (κ2) is 14.8. The first kappa shape index (κ1) is 31.0. The number of likely N-dealkylation sites (tertiary alicyclic amines) is 1. The summed E-state index contributed by atoms with van der Waals surface area (Å²) >= 11 is 13.8. The van der Waals surface area contributed by atoms with Crippen LogP contribution in [0.2, 0.25) is 0 Å². The highest BCUT2D eigenvalue weighted by molar-refractivity contribution is 7.16. The van der Waals surface area contributed by atoms with Crippen LogP contribution >= 0.6 is 34.5 Å². The van der Waals surface area contributed by atoms with E-state index in [-0.39, 0.29) is 17.5 Å². The van der Waals surface area contributed by atoms with E-state index in [0.717, 1.165) is 35.5 Å². The van der Waals surface area contributed by atoms with E-state index in [1.165, 1.54) is 30.2 Å². The molecule has 2 aliphatic heterocycles. The molecule has 0 saturated carbocycles. The van der Waals surface area contributed by atoms with Gasteiger partial charge in [0.1, 0.15) is 11.5 Å². The van der Waals surface area contributed by atoms with Crippen LogP contribution in [0, 0.1) is 10.8 Å². The average Bonchev–Trinajstić information content (AvgIpc) is 3.62. The van der Waals surface area contributed by atoms with Crippen molar-refractivity contribution in [3.8, 4) is 0 Å². The number of alkyl halides is 1. The highest BCUT2D eigenvalue weighted by atomic mass is 35.5. The summed E-state index contributed by atoms with van der Waals surface area (Å²) in [4.78, 5) is 54.1. The van der Waals surface area contributed by atoms with Crippen LogP contribution < -0.4 is 10.2 Å². The van der Waals surface area contributed by atoms with Crippen LogP contribution in [0.3, 0.4) is 0 Å². The zero-order valence-electron chi connectivity index (χ0n) is 22.9. The number of thiazole rings is 1. The standard InChI is InChI=1S/C28H33Cl2N7O3S/c1-3-20(30)14-19(7-10-29)25-23(17-37-11-5-6-21(37)4-2)41-28(33-25)34-27(39)22-15-32-24(16-31-22)36-12-8-18(9-13-36)26(38)35-40/h3,7,14-16,18,21H,1,4-6,8-13,17H2,2H3,(H,33,34,39)/b19-7+,20-14+. The Kier molecular flexibility index (Phi) is 11.1. The lowest BCUT2D eigenvalue weighted by Gasteiger charge is -2.30. The van der Waals surface area contributed by atoms with Gasteiger partial charge in [-0.15, -0.1) is 16.5 Å². The van der Waals surface area contributed by atoms with Gasteiger partial charge in [-0.25, -0.2) is 15.0 Å². The summed E-state index contributed by atoms with van der Waals surface area (Å²) in [5, 5.41) is 6.33. The van der Waals surface area contributed by atoms with Crippen molar-refractivity contribution in [1.82, 2.24) is 19.9 Å². The number of aromatic nitrogens is 3. The number of carbonyl (C=O) groups excluding carboxylic acids is 2. The van der Waals surface area contributed by atoms with Gasteiger partial charge in [0.15, 0.2) is 5.13 Å². The van der Waals surface area contributed by atoms with E-state index in [4.69, 9.17) is 28.2 Å². The molecule has 0 aromatic carbocycles. The highest BCUT2D eigenvalue weighted by Crippen LogP contribution is 2.34. The number of allylic oxidation sites excluding steroid dienone is 5. The Balaban J connectivity index is 1.51. The van der Waals surface area contributed by atoms with E-state index in [1.54, 1.807) is 12.2 Å². The van der Waals surface area contributed by atoms with Crippen LogP contribution in [-0.4, -0.2) is 63.2 Å². The molecule has 2 amide bonds. The van der Waals surface area contributed by atoms with Crippen LogP contribution in [0.5, 0.6) is 0 Å². The maximum atomic E-state index is 13.1. The van der Waals surface area contributed by atoms with Gasteiger partial charge in [0.2, 0.25) is 0 Å². The number of nitrogens with one attached hydrogen (secondary N) is 1. The molecular weight excluding hydrogens is 585 g/mol. The molecule has 2 aliphatic rings. The fourth-order valence-corrected chi connectivity index (χ4v) is 6.48. The third kappa shape index (κ3) is 7.85. The summed E-state index contributed by atoms with van der Waals surface area (Å²) in [6.07, 6.45) is 12.6. The van der Waals surface area contributed by atoms with E-state index in [9.17, 15) is 14.5 Å². The number of anilines is 2. The van der Waals surface area contributed by atoms with Crippen molar-refractivity contribution in [2.45, 2.75) is 51.6 Å². The SMILES string of the molecule is C=C/C(Cl)=C\C(=C/CCl)c1nc(NC(=O)c2cnc(N3CCC(C(=O)N=O)CC3)cn2)sc1CN1CCCC1CC. The maximum Gasteiger partial charge on any atom is 0.289 e. The van der Waals surface area contributed by atoms with Crippen molar-refractivity contribution in [3.63, 3.8) is 0 Å². The molecule has 1 unspecified atom stereocenters. The Labute approximate surface area is 253 Å². The molecule has 41 heavy (non-hydrogen) atoms. The van der Waals surface area contributed by atoms with E-state index in [0.29, 0.717) is 54.5 Å². The fraction of sp³-hybridized carbons (Fsp3) is 0.464. The van der Waals surface area contributed by atoms with Gasteiger partial charge in [0.25, 0.3) is 11.8 Å². The predicted octanol–water partition coefficient (Wildman–Crippen LogP) is 6.00. The molecule has 2 aromatic heterocycles. The van der Waals surface area contributed by atoms with Crippen LogP contribution in [0.15, 0.2) is 47.4 Å². The Morgan fingerprint density at radius 2 is 2.00 bits per heavy atom. The lowest BCUT2D eigenvalue weighted by Crippen LogP contribution is -2.36. The summed E-state index contributed by atoms with van der Waals surface area (Å²) in [7, 11) is 0. The molecule has 0 radical (unpaired) electrons. The summed E-state index contributed by atoms with van der Waals surface area (Å²) in [5.41, 5.74) is 1.64. The number of hydrogen-bond acceptors (Lipinski definition) is 9. The van der Waals surface area contributed by atoms with Crippen molar-refractivity contribution >= 4 is 62.9 Å². The molecule has 0 bridgehead atoms. The van der Waals surface area contributed by atoms with Gasteiger partial charge in [-0.3, -0.25) is 19.8 Å². The topological polar surface area (TPSA) is 121 Å². The molecule has 1 atom stereocenters. The number of nitrogens with zero attached hydrogens (tertiary/aromatic N) is 6. The monoisotopic (exact) mass is 617 g/mol. The van der Waals surface area contributed by atoms with Crippen LogP contribution in [0.4, 0.5) is 10.9 Å². The fourth-order valence-electron chi connectivity index (χ4n) is 5.20. The molecule has 0 spiro atoms. The summed E-state index contributed by atoms with van der Waals surface area (Å²) in [5.74, 6) is -0.504. The van der Waals surface area contributed by atoms with Crippen molar-refractivity contribution < 1.29 is 9.59 Å². The maximum absolute atomic E-state index is 13.1. The number of amides is 2. The zero-order chi connectivity index (χ0) is 29.4. The van der Waals surface area contributed by atoms with Crippen molar-refractivity contribution in [1.29, 1.82) is 0 Å². The Morgan fingerprint density at radius 3 is 2.63 bits per heavy atom. The number of piperidine rings is 1. The van der Waals surface area contributed by atoms with Crippen molar-refractivity contribution in [2.24, 2.45) is 11.1 Å². The molecule has 218 valence electrons. The minimum Gasteiger partial charge on any atom is -0.355 e. The molecule has 4 heterocycles. The van der Waals surface area contributed by atoms with Crippen molar-refractivity contribution in [3.05, 3.63) is 63.4 Å². The third-order valence-electron chi connectivity index (χ3n) is 7.42.